The first-order chi connectivity index (χ1) is 8.02. The van der Waals surface area contributed by atoms with Crippen LogP contribution in [0.4, 0.5) is 5.82 Å². The van der Waals surface area contributed by atoms with E-state index >= 15 is 0 Å². The van der Waals surface area contributed by atoms with E-state index in [0.29, 0.717) is 0 Å². The van der Waals surface area contributed by atoms with Crippen molar-refractivity contribution in [3.05, 3.63) is 18.1 Å². The third-order valence-electron chi connectivity index (χ3n) is 1.77. The molecule has 88 valence electrons. The topological polar surface area (TPSA) is 136 Å². The maximum absolute atomic E-state index is 10.7. The minimum absolute atomic E-state index is 0.0839. The van der Waals surface area contributed by atoms with Crippen molar-refractivity contribution >= 4 is 17.8 Å². The number of hydrogen-bond acceptors (Lipinski definition) is 6. The average Bonchev–Trinajstić information content (AvgIpc) is 2.28. The molecular weight excluding hydrogens is 228 g/mol. The monoisotopic (exact) mass is 236 g/mol. The minimum atomic E-state index is -1.31. The van der Waals surface area contributed by atoms with Crippen LogP contribution >= 0.6 is 0 Å². The van der Waals surface area contributed by atoms with Gasteiger partial charge in [-0.25, -0.2) is 14.8 Å². The fraction of sp³-hybridized carbons (Fsp3) is 0.222. The van der Waals surface area contributed by atoms with Crippen LogP contribution in [0.25, 0.3) is 0 Å². The molecule has 17 heavy (non-hydrogen) atoms. The summed E-state index contributed by atoms with van der Waals surface area (Å²) in [6.45, 7) is 0. The Morgan fingerprint density at radius 2 is 2.12 bits per heavy atom. The van der Waals surface area contributed by atoms with Crippen molar-refractivity contribution < 1.29 is 19.8 Å². The molecule has 8 heteroatoms. The summed E-state index contributed by atoms with van der Waals surface area (Å²) < 4.78 is 0. The molecule has 0 aliphatic carbocycles. The summed E-state index contributed by atoms with van der Waals surface area (Å²) in [5.41, 5.74) is 0.0839. The number of aromatic nitrogens is 2. The van der Waals surface area contributed by atoms with Crippen molar-refractivity contribution in [2.45, 2.75) is 12.5 Å². The molecule has 0 aromatic carbocycles. The molecule has 3 N–H and O–H groups in total. The first-order valence-corrected chi connectivity index (χ1v) is 4.46. The lowest BCUT2D eigenvalue weighted by atomic mass is 10.2. The highest BCUT2D eigenvalue weighted by molar-refractivity contribution is 5.83. The molecule has 0 saturated heterocycles. The van der Waals surface area contributed by atoms with Crippen molar-refractivity contribution in [2.75, 3.05) is 5.32 Å². The highest BCUT2D eigenvalue weighted by atomic mass is 16.4. The number of nitrogens with zero attached hydrogens (tertiary/aromatic N) is 3. The molecule has 0 radical (unpaired) electrons. The van der Waals surface area contributed by atoms with Crippen LogP contribution in [0.2, 0.25) is 0 Å². The second-order valence-electron chi connectivity index (χ2n) is 3.03. The minimum Gasteiger partial charge on any atom is -0.481 e. The van der Waals surface area contributed by atoms with Crippen molar-refractivity contribution in [2.24, 2.45) is 0 Å². The standard InChI is InChI=1S/C9H8N4O4/c10-2-5-3-12-7(4-11-5)13-6(9(16)17)1-8(14)15/h3-4,6H,1H2,(H,12,13)(H,14,15)(H,16,17). The second kappa shape index (κ2) is 5.41. The van der Waals surface area contributed by atoms with Crippen LogP contribution in [0, 0.1) is 11.3 Å². The van der Waals surface area contributed by atoms with Gasteiger partial charge in [0.25, 0.3) is 0 Å². The molecule has 1 aromatic heterocycles. The number of nitriles is 1. The molecule has 0 spiro atoms. The molecule has 0 bridgehead atoms. The summed E-state index contributed by atoms with van der Waals surface area (Å²) in [4.78, 5) is 28.5. The smallest absolute Gasteiger partial charge is 0.326 e. The van der Waals surface area contributed by atoms with Gasteiger partial charge >= 0.3 is 11.9 Å². The van der Waals surface area contributed by atoms with Gasteiger partial charge < -0.3 is 15.5 Å². The molecule has 1 heterocycles. The van der Waals surface area contributed by atoms with E-state index in [0.717, 1.165) is 12.4 Å². The quantitative estimate of drug-likeness (QED) is 0.633. The lowest BCUT2D eigenvalue weighted by Gasteiger charge is -2.12. The molecule has 1 atom stereocenters. The van der Waals surface area contributed by atoms with Crippen LogP contribution < -0.4 is 5.32 Å². The highest BCUT2D eigenvalue weighted by Gasteiger charge is 2.21. The number of aliphatic carboxylic acids is 2. The van der Waals surface area contributed by atoms with Crippen LogP contribution in [-0.4, -0.2) is 38.2 Å². The van der Waals surface area contributed by atoms with E-state index in [1.807, 2.05) is 0 Å². The van der Waals surface area contributed by atoms with Crippen molar-refractivity contribution in [3.8, 4) is 6.07 Å². The van der Waals surface area contributed by atoms with Gasteiger partial charge in [0, 0.05) is 0 Å². The summed E-state index contributed by atoms with van der Waals surface area (Å²) >= 11 is 0. The zero-order valence-electron chi connectivity index (χ0n) is 8.49. The Morgan fingerprint density at radius 3 is 2.53 bits per heavy atom. The summed E-state index contributed by atoms with van der Waals surface area (Å²) in [6, 6.07) is 0.454. The number of rotatable bonds is 5. The maximum atomic E-state index is 10.7. The van der Waals surface area contributed by atoms with E-state index in [1.165, 1.54) is 0 Å². The van der Waals surface area contributed by atoms with Crippen LogP contribution in [0.1, 0.15) is 12.1 Å². The number of hydrogen-bond donors (Lipinski definition) is 3. The molecule has 8 nitrogen and oxygen atoms in total. The SMILES string of the molecule is N#Cc1cnc(NC(CC(=O)O)C(=O)O)cn1. The summed E-state index contributed by atoms with van der Waals surface area (Å²) in [5, 5.41) is 28.1. The predicted octanol–water partition coefficient (Wildman–Crippen LogP) is -0.312. The Hall–Kier alpha value is -2.69. The van der Waals surface area contributed by atoms with Gasteiger partial charge in [0.15, 0.2) is 5.69 Å². The van der Waals surface area contributed by atoms with Gasteiger partial charge in [-0.2, -0.15) is 5.26 Å². The zero-order chi connectivity index (χ0) is 12.8. The molecule has 0 amide bonds. The average molecular weight is 236 g/mol. The fourth-order valence-electron chi connectivity index (χ4n) is 1.01. The Morgan fingerprint density at radius 1 is 1.41 bits per heavy atom. The number of nitrogens with one attached hydrogen (secondary N) is 1. The van der Waals surface area contributed by atoms with Gasteiger partial charge in [-0.1, -0.05) is 0 Å². The van der Waals surface area contributed by atoms with Crippen molar-refractivity contribution in [3.63, 3.8) is 0 Å². The number of carboxylic acid groups (broad SMARTS) is 2. The Balaban J connectivity index is 2.75. The van der Waals surface area contributed by atoms with Gasteiger partial charge in [-0.15, -0.1) is 0 Å². The Bertz CT molecular complexity index is 465. The normalized spacial score (nSPS) is 11.2. The third-order valence-corrected chi connectivity index (χ3v) is 1.77. The van der Waals surface area contributed by atoms with Gasteiger partial charge in [-0.3, -0.25) is 4.79 Å². The van der Waals surface area contributed by atoms with Crippen LogP contribution in [-0.2, 0) is 9.59 Å². The Labute approximate surface area is 95.5 Å². The van der Waals surface area contributed by atoms with Crippen molar-refractivity contribution in [1.82, 2.24) is 9.97 Å². The van der Waals surface area contributed by atoms with Crippen molar-refractivity contribution in [1.29, 1.82) is 5.26 Å². The first-order valence-electron chi connectivity index (χ1n) is 4.46. The number of carbonyl (C=O) groups is 2. The Kier molecular flexibility index (Phi) is 3.94. The third kappa shape index (κ3) is 3.75. The maximum Gasteiger partial charge on any atom is 0.326 e. The van der Waals surface area contributed by atoms with Gasteiger partial charge in [-0.05, 0) is 0 Å². The highest BCUT2D eigenvalue weighted by Crippen LogP contribution is 2.05. The fourth-order valence-corrected chi connectivity index (χ4v) is 1.01. The van der Waals surface area contributed by atoms with E-state index in [4.69, 9.17) is 15.5 Å². The van der Waals surface area contributed by atoms with Crippen LogP contribution in [0.5, 0.6) is 0 Å². The van der Waals surface area contributed by atoms with Crippen LogP contribution in [0.15, 0.2) is 12.4 Å². The van der Waals surface area contributed by atoms with E-state index < -0.39 is 24.4 Å². The molecular formula is C9H8N4O4. The summed E-state index contributed by atoms with van der Waals surface area (Å²) in [6.07, 6.45) is 1.73. The van der Waals surface area contributed by atoms with E-state index in [9.17, 15) is 9.59 Å². The number of carboxylic acids is 2. The molecule has 0 saturated carbocycles. The molecule has 1 unspecified atom stereocenters. The second-order valence-corrected chi connectivity index (χ2v) is 3.03. The van der Waals surface area contributed by atoms with E-state index in [1.54, 1.807) is 6.07 Å². The van der Waals surface area contributed by atoms with E-state index in [-0.39, 0.29) is 11.5 Å². The molecule has 1 aromatic rings. The summed E-state index contributed by atoms with van der Waals surface area (Å²) in [7, 11) is 0. The van der Waals surface area contributed by atoms with Crippen LogP contribution in [0.3, 0.4) is 0 Å². The summed E-state index contributed by atoms with van der Waals surface area (Å²) in [5.74, 6) is -2.46. The van der Waals surface area contributed by atoms with Gasteiger partial charge in [0.2, 0.25) is 0 Å². The number of anilines is 1. The van der Waals surface area contributed by atoms with Gasteiger partial charge in [0.1, 0.15) is 17.9 Å². The lowest BCUT2D eigenvalue weighted by molar-refractivity contribution is -0.144. The molecule has 0 aliphatic heterocycles. The lowest BCUT2D eigenvalue weighted by Crippen LogP contribution is -2.32. The van der Waals surface area contributed by atoms with E-state index in [2.05, 4.69) is 15.3 Å². The molecule has 1 rings (SSSR count). The zero-order valence-corrected chi connectivity index (χ0v) is 8.49. The largest absolute Gasteiger partial charge is 0.481 e. The first kappa shape index (κ1) is 12.4. The molecule has 0 fully saturated rings. The van der Waals surface area contributed by atoms with Gasteiger partial charge in [0.05, 0.1) is 18.8 Å². The molecule has 0 aliphatic rings. The predicted molar refractivity (Wildman–Crippen MR) is 54.0 cm³/mol.